The van der Waals surface area contributed by atoms with Crippen LogP contribution < -0.4 is 20.1 Å². The number of amides is 2. The average Bonchev–Trinajstić information content (AvgIpc) is 3.23. The Morgan fingerprint density at radius 3 is 2.53 bits per heavy atom. The summed E-state index contributed by atoms with van der Waals surface area (Å²) in [6.45, 7) is 4.34. The minimum atomic E-state index is -0.300. The average molecular weight is 502 g/mol. The van der Waals surface area contributed by atoms with Gasteiger partial charge in [-0.25, -0.2) is 0 Å². The van der Waals surface area contributed by atoms with E-state index in [4.69, 9.17) is 21.1 Å². The molecular weight excluding hydrogens is 478 g/mol. The number of nitrogens with one attached hydrogen (secondary N) is 2. The Morgan fingerprint density at radius 1 is 1.12 bits per heavy atom. The lowest BCUT2D eigenvalue weighted by atomic mass is 10.2. The Morgan fingerprint density at radius 2 is 1.85 bits per heavy atom. The first kappa shape index (κ1) is 25.1. The van der Waals surface area contributed by atoms with Gasteiger partial charge >= 0.3 is 0 Å². The summed E-state index contributed by atoms with van der Waals surface area (Å²) < 4.78 is 12.2. The van der Waals surface area contributed by atoms with Crippen molar-refractivity contribution in [2.24, 2.45) is 0 Å². The SMILES string of the molecule is C=CCn1c(CNC(=O)c2ccc(OC)c(OC)c2)nnc1SCC(=O)Nc1ccc(Cl)cc1. The van der Waals surface area contributed by atoms with Crippen LogP contribution >= 0.6 is 23.4 Å². The Labute approximate surface area is 206 Å². The third-order valence-electron chi connectivity index (χ3n) is 4.62. The molecule has 0 spiro atoms. The predicted molar refractivity (Wildman–Crippen MR) is 132 cm³/mol. The minimum Gasteiger partial charge on any atom is -0.493 e. The third-order valence-corrected chi connectivity index (χ3v) is 5.84. The molecule has 178 valence electrons. The van der Waals surface area contributed by atoms with Gasteiger partial charge in [0.15, 0.2) is 22.5 Å². The summed E-state index contributed by atoms with van der Waals surface area (Å²) >= 11 is 7.10. The monoisotopic (exact) mass is 501 g/mol. The zero-order valence-electron chi connectivity index (χ0n) is 18.7. The highest BCUT2D eigenvalue weighted by molar-refractivity contribution is 7.99. The minimum absolute atomic E-state index is 0.135. The standard InChI is InChI=1S/C23H24ClN5O4S/c1-4-11-29-20(13-25-22(31)15-5-10-18(32-2)19(12-15)33-3)27-28-23(29)34-14-21(30)26-17-8-6-16(24)7-9-17/h4-10,12H,1,11,13-14H2,2-3H3,(H,25,31)(H,26,30). The fourth-order valence-electron chi connectivity index (χ4n) is 2.97. The summed E-state index contributed by atoms with van der Waals surface area (Å²) in [4.78, 5) is 24.9. The highest BCUT2D eigenvalue weighted by Gasteiger charge is 2.16. The normalized spacial score (nSPS) is 10.4. The maximum absolute atomic E-state index is 12.6. The van der Waals surface area contributed by atoms with E-state index in [9.17, 15) is 9.59 Å². The van der Waals surface area contributed by atoms with Crippen molar-refractivity contribution >= 4 is 40.9 Å². The molecule has 0 atom stereocenters. The van der Waals surface area contributed by atoms with E-state index in [1.165, 1.54) is 26.0 Å². The number of thioether (sulfide) groups is 1. The van der Waals surface area contributed by atoms with Gasteiger partial charge in [-0.1, -0.05) is 29.4 Å². The van der Waals surface area contributed by atoms with Crippen molar-refractivity contribution in [3.05, 3.63) is 71.5 Å². The number of benzene rings is 2. The first-order chi connectivity index (χ1) is 16.4. The molecule has 2 aromatic carbocycles. The second-order valence-corrected chi connectivity index (χ2v) is 8.27. The smallest absolute Gasteiger partial charge is 0.251 e. The maximum atomic E-state index is 12.6. The zero-order valence-corrected chi connectivity index (χ0v) is 20.3. The first-order valence-corrected chi connectivity index (χ1v) is 11.5. The summed E-state index contributed by atoms with van der Waals surface area (Å²) in [5, 5.41) is 15.1. The van der Waals surface area contributed by atoms with Gasteiger partial charge in [-0.2, -0.15) is 0 Å². The van der Waals surface area contributed by atoms with Crippen LogP contribution in [0.3, 0.4) is 0 Å². The van der Waals surface area contributed by atoms with Gasteiger partial charge in [0.05, 0.1) is 26.5 Å². The van der Waals surface area contributed by atoms with E-state index in [-0.39, 0.29) is 24.1 Å². The van der Waals surface area contributed by atoms with Crippen LogP contribution in [0.2, 0.25) is 5.02 Å². The summed E-state index contributed by atoms with van der Waals surface area (Å²) in [5.41, 5.74) is 1.07. The molecule has 0 aliphatic rings. The van der Waals surface area contributed by atoms with Crippen LogP contribution in [0.25, 0.3) is 0 Å². The predicted octanol–water partition coefficient (Wildman–Crippen LogP) is 3.80. The van der Waals surface area contributed by atoms with E-state index in [0.717, 1.165) is 0 Å². The van der Waals surface area contributed by atoms with Crippen molar-refractivity contribution in [1.29, 1.82) is 0 Å². The molecule has 0 radical (unpaired) electrons. The summed E-state index contributed by atoms with van der Waals surface area (Å²) in [6, 6.07) is 11.8. The quantitative estimate of drug-likeness (QED) is 0.304. The fourth-order valence-corrected chi connectivity index (χ4v) is 3.86. The van der Waals surface area contributed by atoms with E-state index in [2.05, 4.69) is 27.4 Å². The van der Waals surface area contributed by atoms with Gasteiger partial charge in [-0.15, -0.1) is 16.8 Å². The molecule has 3 aromatic rings. The van der Waals surface area contributed by atoms with Crippen molar-refractivity contribution in [3.63, 3.8) is 0 Å². The zero-order chi connectivity index (χ0) is 24.5. The van der Waals surface area contributed by atoms with Gasteiger partial charge < -0.3 is 24.7 Å². The Kier molecular flexibility index (Phi) is 8.94. The van der Waals surface area contributed by atoms with E-state index in [0.29, 0.717) is 45.3 Å². The number of aromatic nitrogens is 3. The van der Waals surface area contributed by atoms with Crippen molar-refractivity contribution in [2.75, 3.05) is 25.3 Å². The number of ether oxygens (including phenoxy) is 2. The molecular formula is C23H24ClN5O4S. The van der Waals surface area contributed by atoms with Gasteiger partial charge in [-0.05, 0) is 42.5 Å². The Hall–Kier alpha value is -3.50. The third kappa shape index (κ3) is 6.52. The molecule has 0 fully saturated rings. The van der Waals surface area contributed by atoms with E-state index < -0.39 is 0 Å². The van der Waals surface area contributed by atoms with Gasteiger partial charge in [0, 0.05) is 22.8 Å². The number of hydrogen-bond donors (Lipinski definition) is 2. The van der Waals surface area contributed by atoms with E-state index >= 15 is 0 Å². The summed E-state index contributed by atoms with van der Waals surface area (Å²) in [6.07, 6.45) is 1.70. The van der Waals surface area contributed by atoms with Crippen LogP contribution in [0, 0.1) is 0 Å². The lowest BCUT2D eigenvalue weighted by molar-refractivity contribution is -0.113. The molecule has 0 aliphatic heterocycles. The van der Waals surface area contributed by atoms with E-state index in [1.54, 1.807) is 53.1 Å². The Bertz CT molecular complexity index is 1170. The molecule has 34 heavy (non-hydrogen) atoms. The molecule has 11 heteroatoms. The summed E-state index contributed by atoms with van der Waals surface area (Å²) in [7, 11) is 3.03. The molecule has 1 heterocycles. The van der Waals surface area contributed by atoms with Crippen LogP contribution in [0.5, 0.6) is 11.5 Å². The first-order valence-electron chi connectivity index (χ1n) is 10.2. The number of anilines is 1. The molecule has 0 saturated carbocycles. The number of halogens is 1. The number of allylic oxidation sites excluding steroid dienone is 1. The van der Waals surface area contributed by atoms with E-state index in [1.807, 2.05) is 0 Å². The largest absolute Gasteiger partial charge is 0.493 e. The molecule has 0 saturated heterocycles. The van der Waals surface area contributed by atoms with Gasteiger partial charge in [0.25, 0.3) is 5.91 Å². The lowest BCUT2D eigenvalue weighted by Gasteiger charge is -2.11. The Balaban J connectivity index is 1.62. The number of methoxy groups -OCH3 is 2. The van der Waals surface area contributed by atoms with Crippen LogP contribution in [0.15, 0.2) is 60.3 Å². The van der Waals surface area contributed by atoms with Gasteiger partial charge in [0.1, 0.15) is 0 Å². The number of rotatable bonds is 11. The van der Waals surface area contributed by atoms with Crippen LogP contribution in [0.1, 0.15) is 16.2 Å². The van der Waals surface area contributed by atoms with Crippen molar-refractivity contribution in [1.82, 2.24) is 20.1 Å². The molecule has 2 N–H and O–H groups in total. The highest BCUT2D eigenvalue weighted by atomic mass is 35.5. The van der Waals surface area contributed by atoms with Crippen molar-refractivity contribution < 1.29 is 19.1 Å². The molecule has 9 nitrogen and oxygen atoms in total. The fraction of sp³-hybridized carbons (Fsp3) is 0.217. The highest BCUT2D eigenvalue weighted by Crippen LogP contribution is 2.27. The summed E-state index contributed by atoms with van der Waals surface area (Å²) in [5.74, 6) is 1.17. The molecule has 3 rings (SSSR count). The molecule has 2 amide bonds. The van der Waals surface area contributed by atoms with Crippen molar-refractivity contribution in [2.45, 2.75) is 18.2 Å². The second-order valence-electron chi connectivity index (χ2n) is 6.89. The number of nitrogens with zero attached hydrogens (tertiary/aromatic N) is 3. The number of hydrogen-bond acceptors (Lipinski definition) is 7. The number of carbonyl (C=O) groups excluding carboxylic acids is 2. The lowest BCUT2D eigenvalue weighted by Crippen LogP contribution is -2.25. The second kappa shape index (κ2) is 12.1. The number of carbonyl (C=O) groups is 2. The van der Waals surface area contributed by atoms with Gasteiger partial charge in [0.2, 0.25) is 5.91 Å². The van der Waals surface area contributed by atoms with Crippen LogP contribution in [-0.2, 0) is 17.9 Å². The topological polar surface area (TPSA) is 107 Å². The van der Waals surface area contributed by atoms with Gasteiger partial charge in [-0.3, -0.25) is 9.59 Å². The molecule has 1 aromatic heterocycles. The molecule has 0 bridgehead atoms. The molecule has 0 unspecified atom stereocenters. The van der Waals surface area contributed by atoms with Crippen LogP contribution in [0.4, 0.5) is 5.69 Å². The maximum Gasteiger partial charge on any atom is 0.251 e. The molecule has 0 aliphatic carbocycles. The van der Waals surface area contributed by atoms with Crippen molar-refractivity contribution in [3.8, 4) is 11.5 Å². The van der Waals surface area contributed by atoms with Crippen LogP contribution in [-0.4, -0.2) is 46.6 Å².